The van der Waals surface area contributed by atoms with Crippen molar-refractivity contribution in [1.82, 2.24) is 0 Å². The number of rotatable bonds is 3. The van der Waals surface area contributed by atoms with Crippen LogP contribution in [0, 0.1) is 0 Å². The molecule has 1 atom stereocenters. The number of carboxylic acid groups (broad SMARTS) is 1. The van der Waals surface area contributed by atoms with Crippen molar-refractivity contribution >= 4 is 27.4 Å². The van der Waals surface area contributed by atoms with Crippen molar-refractivity contribution in [2.24, 2.45) is 0 Å². The minimum atomic E-state index is -0.801. The molecule has 2 N–H and O–H groups in total. The van der Waals surface area contributed by atoms with E-state index < -0.39 is 11.9 Å². The zero-order valence-electron chi connectivity index (χ0n) is 10.0. The van der Waals surface area contributed by atoms with Gasteiger partial charge >= 0.3 is 5.97 Å². The highest BCUT2D eigenvalue weighted by molar-refractivity contribution is 7.17. The van der Waals surface area contributed by atoms with Crippen molar-refractivity contribution < 1.29 is 15.0 Å². The lowest BCUT2D eigenvalue weighted by Crippen LogP contribution is -2.07. The van der Waals surface area contributed by atoms with E-state index in [0.29, 0.717) is 5.92 Å². The van der Waals surface area contributed by atoms with Crippen LogP contribution >= 0.6 is 11.3 Å². The molecule has 1 aromatic heterocycles. The van der Waals surface area contributed by atoms with Crippen LogP contribution in [0.2, 0.25) is 0 Å². The maximum atomic E-state index is 11.2. The van der Waals surface area contributed by atoms with Crippen LogP contribution in [0.5, 0.6) is 5.75 Å². The first-order valence-corrected chi connectivity index (χ1v) is 6.92. The molecule has 94 valence electrons. The molecule has 3 nitrogen and oxygen atoms in total. The second-order valence-electron chi connectivity index (χ2n) is 4.93. The highest BCUT2D eigenvalue weighted by Crippen LogP contribution is 2.47. The molecule has 0 saturated heterocycles. The van der Waals surface area contributed by atoms with Crippen molar-refractivity contribution in [1.29, 1.82) is 0 Å². The number of aliphatic carboxylic acids is 1. The van der Waals surface area contributed by atoms with Gasteiger partial charge in [-0.05, 0) is 54.3 Å². The van der Waals surface area contributed by atoms with Gasteiger partial charge in [0.1, 0.15) is 5.75 Å². The van der Waals surface area contributed by atoms with Crippen LogP contribution in [0.4, 0.5) is 0 Å². The Labute approximate surface area is 109 Å². The smallest absolute Gasteiger partial charge is 0.310 e. The largest absolute Gasteiger partial charge is 0.508 e. The van der Waals surface area contributed by atoms with Crippen LogP contribution in [-0.4, -0.2) is 16.2 Å². The van der Waals surface area contributed by atoms with Crippen LogP contribution in [0.15, 0.2) is 17.5 Å². The second kappa shape index (κ2) is 3.99. The molecule has 1 fully saturated rings. The molecule has 18 heavy (non-hydrogen) atoms. The molecule has 1 unspecified atom stereocenters. The normalized spacial score (nSPS) is 16.9. The Morgan fingerprint density at radius 2 is 2.17 bits per heavy atom. The van der Waals surface area contributed by atoms with Crippen molar-refractivity contribution in [2.45, 2.75) is 31.6 Å². The molecule has 1 heterocycles. The lowest BCUT2D eigenvalue weighted by atomic mass is 9.95. The van der Waals surface area contributed by atoms with Gasteiger partial charge < -0.3 is 10.2 Å². The standard InChI is InChI=1S/C14H14O3S/c1-7(14(16)17)11-6-18-12-5-9(15)4-10(13(11)12)8-2-3-8/h4-8,15H,2-3H2,1H3,(H,16,17). The summed E-state index contributed by atoms with van der Waals surface area (Å²) in [6.07, 6.45) is 2.27. The van der Waals surface area contributed by atoms with E-state index in [-0.39, 0.29) is 5.75 Å². The van der Waals surface area contributed by atoms with E-state index in [1.54, 1.807) is 19.1 Å². The van der Waals surface area contributed by atoms with E-state index >= 15 is 0 Å². The fourth-order valence-electron chi connectivity index (χ4n) is 2.38. The number of fused-ring (bicyclic) bond motifs is 1. The highest BCUT2D eigenvalue weighted by Gasteiger charge is 2.29. The van der Waals surface area contributed by atoms with Crippen molar-refractivity contribution in [3.05, 3.63) is 28.6 Å². The van der Waals surface area contributed by atoms with Gasteiger partial charge in [0.25, 0.3) is 0 Å². The molecular formula is C14H14O3S. The highest BCUT2D eigenvalue weighted by atomic mass is 32.1. The zero-order valence-corrected chi connectivity index (χ0v) is 10.8. The lowest BCUT2D eigenvalue weighted by Gasteiger charge is -2.09. The van der Waals surface area contributed by atoms with Crippen LogP contribution in [0.25, 0.3) is 10.1 Å². The Balaban J connectivity index is 2.24. The lowest BCUT2D eigenvalue weighted by molar-refractivity contribution is -0.138. The number of carbonyl (C=O) groups is 1. The molecule has 0 radical (unpaired) electrons. The number of benzene rings is 1. The summed E-state index contributed by atoms with van der Waals surface area (Å²) in [5.41, 5.74) is 2.00. The molecule has 1 aromatic carbocycles. The van der Waals surface area contributed by atoms with Crippen LogP contribution < -0.4 is 0 Å². The molecule has 0 spiro atoms. The minimum Gasteiger partial charge on any atom is -0.508 e. The molecule has 0 aliphatic heterocycles. The topological polar surface area (TPSA) is 57.5 Å². The molecule has 4 heteroatoms. The SMILES string of the molecule is CC(C(=O)O)c1csc2cc(O)cc(C3CC3)c12. The van der Waals surface area contributed by atoms with Crippen LogP contribution in [-0.2, 0) is 4.79 Å². The summed E-state index contributed by atoms with van der Waals surface area (Å²) in [6, 6.07) is 3.52. The first kappa shape index (κ1) is 11.5. The minimum absolute atomic E-state index is 0.278. The Bertz CT molecular complexity index is 625. The average molecular weight is 262 g/mol. The van der Waals surface area contributed by atoms with Gasteiger partial charge in [-0.1, -0.05) is 0 Å². The van der Waals surface area contributed by atoms with Crippen molar-refractivity contribution in [2.75, 3.05) is 0 Å². The van der Waals surface area contributed by atoms with Gasteiger partial charge in [0.05, 0.1) is 5.92 Å². The summed E-state index contributed by atoms with van der Waals surface area (Å²) in [7, 11) is 0. The summed E-state index contributed by atoms with van der Waals surface area (Å²) in [5, 5.41) is 21.9. The quantitative estimate of drug-likeness (QED) is 0.887. The molecular weight excluding hydrogens is 248 g/mol. The number of phenolic OH excluding ortho intramolecular Hbond substituents is 1. The van der Waals surface area contributed by atoms with E-state index in [0.717, 1.165) is 34.1 Å². The van der Waals surface area contributed by atoms with E-state index in [1.165, 1.54) is 11.3 Å². The van der Waals surface area contributed by atoms with Gasteiger partial charge in [-0.3, -0.25) is 4.79 Å². The van der Waals surface area contributed by atoms with Gasteiger partial charge in [0.2, 0.25) is 0 Å². The predicted molar refractivity (Wildman–Crippen MR) is 71.5 cm³/mol. The van der Waals surface area contributed by atoms with Crippen LogP contribution in [0.3, 0.4) is 0 Å². The third kappa shape index (κ3) is 1.77. The van der Waals surface area contributed by atoms with Gasteiger partial charge in [-0.2, -0.15) is 0 Å². The molecule has 1 aliphatic rings. The van der Waals surface area contributed by atoms with Gasteiger partial charge in [0.15, 0.2) is 0 Å². The maximum absolute atomic E-state index is 11.2. The number of carboxylic acids is 1. The summed E-state index contributed by atoms with van der Waals surface area (Å²) < 4.78 is 0.986. The number of aromatic hydroxyl groups is 1. The van der Waals surface area contributed by atoms with Crippen LogP contribution in [0.1, 0.15) is 42.7 Å². The van der Waals surface area contributed by atoms with Gasteiger partial charge in [-0.15, -0.1) is 11.3 Å². The fourth-order valence-corrected chi connectivity index (χ4v) is 3.50. The summed E-state index contributed by atoms with van der Waals surface area (Å²) in [5.74, 6) is -0.528. The maximum Gasteiger partial charge on any atom is 0.310 e. The predicted octanol–water partition coefficient (Wildman–Crippen LogP) is 3.67. The second-order valence-corrected chi connectivity index (χ2v) is 5.84. The molecule has 0 bridgehead atoms. The molecule has 1 aliphatic carbocycles. The number of hydrogen-bond donors (Lipinski definition) is 2. The monoisotopic (exact) mass is 262 g/mol. The number of thiophene rings is 1. The molecule has 3 rings (SSSR count). The third-order valence-electron chi connectivity index (χ3n) is 3.57. The summed E-state index contributed by atoms with van der Waals surface area (Å²) in [4.78, 5) is 11.2. The van der Waals surface area contributed by atoms with Gasteiger partial charge in [0, 0.05) is 10.1 Å². The average Bonchev–Trinajstić information content (AvgIpc) is 3.08. The summed E-state index contributed by atoms with van der Waals surface area (Å²) >= 11 is 1.51. The van der Waals surface area contributed by atoms with E-state index in [1.807, 2.05) is 5.38 Å². The molecule has 2 aromatic rings. The van der Waals surface area contributed by atoms with Crippen molar-refractivity contribution in [3.8, 4) is 5.75 Å². The summed E-state index contributed by atoms with van der Waals surface area (Å²) in [6.45, 7) is 1.72. The number of hydrogen-bond acceptors (Lipinski definition) is 3. The third-order valence-corrected chi connectivity index (χ3v) is 4.52. The van der Waals surface area contributed by atoms with E-state index in [4.69, 9.17) is 5.11 Å². The molecule has 1 saturated carbocycles. The van der Waals surface area contributed by atoms with E-state index in [2.05, 4.69) is 0 Å². The Morgan fingerprint density at radius 3 is 2.78 bits per heavy atom. The molecule has 0 amide bonds. The number of phenols is 1. The fraction of sp³-hybridized carbons (Fsp3) is 0.357. The van der Waals surface area contributed by atoms with Gasteiger partial charge in [-0.25, -0.2) is 0 Å². The Kier molecular flexibility index (Phi) is 2.55. The first-order chi connectivity index (χ1) is 8.58. The zero-order chi connectivity index (χ0) is 12.9. The Morgan fingerprint density at radius 1 is 1.44 bits per heavy atom. The first-order valence-electron chi connectivity index (χ1n) is 6.04. The van der Waals surface area contributed by atoms with E-state index in [9.17, 15) is 9.90 Å². The Hall–Kier alpha value is -1.55. The van der Waals surface area contributed by atoms with Crippen molar-refractivity contribution in [3.63, 3.8) is 0 Å².